The minimum atomic E-state index is -0.496. The molecule has 11 aromatic rings. The Hall–Kier alpha value is -7.94. The predicted molar refractivity (Wildman–Crippen MR) is 256 cm³/mol. The van der Waals surface area contributed by atoms with Gasteiger partial charge in [0.15, 0.2) is 0 Å². The molecule has 10 aromatic carbocycles. The Morgan fingerprint density at radius 2 is 0.852 bits per heavy atom. The average Bonchev–Trinajstić information content (AvgIpc) is 3.83. The van der Waals surface area contributed by atoms with Gasteiger partial charge >= 0.3 is 0 Å². The Labute approximate surface area is 355 Å². The molecule has 12 rings (SSSR count). The van der Waals surface area contributed by atoms with Crippen LogP contribution in [0.3, 0.4) is 0 Å². The molecule has 286 valence electrons. The number of fused-ring (bicyclic) bond motifs is 7. The first-order valence-electron chi connectivity index (χ1n) is 21.1. The molecule has 0 N–H and O–H groups in total. The van der Waals surface area contributed by atoms with Crippen molar-refractivity contribution in [2.45, 2.75) is 5.41 Å². The maximum atomic E-state index is 2.46. The zero-order valence-electron chi connectivity index (χ0n) is 33.5. The molecule has 0 unspecified atom stereocenters. The van der Waals surface area contributed by atoms with Crippen molar-refractivity contribution in [3.8, 4) is 27.9 Å². The summed E-state index contributed by atoms with van der Waals surface area (Å²) in [4.78, 5) is 2.45. The lowest BCUT2D eigenvalue weighted by Crippen LogP contribution is -2.28. The maximum Gasteiger partial charge on any atom is 0.0714 e. The molecule has 0 saturated heterocycles. The lowest BCUT2D eigenvalue weighted by Gasteiger charge is -2.35. The fourth-order valence-corrected chi connectivity index (χ4v) is 10.2. The fourth-order valence-electron chi connectivity index (χ4n) is 10.2. The van der Waals surface area contributed by atoms with Crippen molar-refractivity contribution in [1.82, 2.24) is 4.57 Å². The van der Waals surface area contributed by atoms with E-state index in [0.717, 1.165) is 22.7 Å². The Bertz CT molecular complexity index is 3300. The van der Waals surface area contributed by atoms with E-state index in [4.69, 9.17) is 0 Å². The highest BCUT2D eigenvalue weighted by Crippen LogP contribution is 2.57. The zero-order valence-corrected chi connectivity index (χ0v) is 33.5. The van der Waals surface area contributed by atoms with Crippen molar-refractivity contribution in [3.05, 3.63) is 265 Å². The number of aromatic nitrogens is 1. The van der Waals surface area contributed by atoms with Crippen LogP contribution in [0.25, 0.3) is 60.5 Å². The van der Waals surface area contributed by atoms with Crippen LogP contribution in [0.4, 0.5) is 17.1 Å². The van der Waals surface area contributed by atoms with Crippen LogP contribution in [0.15, 0.2) is 243 Å². The van der Waals surface area contributed by atoms with Gasteiger partial charge in [-0.25, -0.2) is 0 Å². The summed E-state index contributed by atoms with van der Waals surface area (Å²) in [7, 11) is 0. The van der Waals surface area contributed by atoms with E-state index in [9.17, 15) is 0 Å². The lowest BCUT2D eigenvalue weighted by atomic mass is 9.67. The molecule has 0 fully saturated rings. The van der Waals surface area contributed by atoms with Crippen LogP contribution in [0.2, 0.25) is 0 Å². The van der Waals surface area contributed by atoms with Gasteiger partial charge in [0, 0.05) is 33.2 Å². The van der Waals surface area contributed by atoms with Crippen molar-refractivity contribution < 1.29 is 0 Å². The second kappa shape index (κ2) is 14.1. The van der Waals surface area contributed by atoms with Crippen LogP contribution in [0.1, 0.15) is 22.3 Å². The van der Waals surface area contributed by atoms with Crippen LogP contribution in [0, 0.1) is 0 Å². The quantitative estimate of drug-likeness (QED) is 0.156. The number of para-hydroxylation sites is 2. The van der Waals surface area contributed by atoms with Crippen molar-refractivity contribution in [2.24, 2.45) is 0 Å². The van der Waals surface area contributed by atoms with Crippen LogP contribution in [-0.2, 0) is 5.41 Å². The molecule has 0 amide bonds. The first-order chi connectivity index (χ1) is 30.3. The van der Waals surface area contributed by atoms with E-state index in [1.165, 1.54) is 77.1 Å². The lowest BCUT2D eigenvalue weighted by molar-refractivity contribution is 0.768. The van der Waals surface area contributed by atoms with Crippen molar-refractivity contribution in [1.29, 1.82) is 0 Å². The Kier molecular flexibility index (Phi) is 8.11. The highest BCUT2D eigenvalue weighted by Gasteiger charge is 2.46. The molecule has 0 radical (unpaired) electrons. The minimum absolute atomic E-state index is 0.496. The van der Waals surface area contributed by atoms with E-state index in [1.807, 2.05) is 0 Å². The Morgan fingerprint density at radius 3 is 1.52 bits per heavy atom. The molecule has 0 bridgehead atoms. The summed E-state index contributed by atoms with van der Waals surface area (Å²) in [5, 5.41) is 4.96. The van der Waals surface area contributed by atoms with E-state index >= 15 is 0 Å². The van der Waals surface area contributed by atoms with Gasteiger partial charge in [-0.15, -0.1) is 0 Å². The topological polar surface area (TPSA) is 8.17 Å². The van der Waals surface area contributed by atoms with Gasteiger partial charge < -0.3 is 9.47 Å². The first kappa shape index (κ1) is 35.0. The monoisotopic (exact) mass is 776 g/mol. The third kappa shape index (κ3) is 5.43. The highest BCUT2D eigenvalue weighted by molar-refractivity contribution is 6.09. The van der Waals surface area contributed by atoms with Gasteiger partial charge in [-0.1, -0.05) is 188 Å². The van der Waals surface area contributed by atoms with Gasteiger partial charge in [0.1, 0.15) is 0 Å². The second-order valence-electron chi connectivity index (χ2n) is 16.1. The van der Waals surface area contributed by atoms with Crippen LogP contribution in [-0.4, -0.2) is 4.57 Å². The second-order valence-corrected chi connectivity index (χ2v) is 16.1. The van der Waals surface area contributed by atoms with E-state index in [0.29, 0.717) is 0 Å². The van der Waals surface area contributed by atoms with E-state index in [1.54, 1.807) is 0 Å². The number of hydrogen-bond acceptors (Lipinski definition) is 1. The molecule has 0 aliphatic heterocycles. The number of nitrogens with zero attached hydrogens (tertiary/aromatic N) is 2. The number of rotatable bonds is 7. The summed E-state index contributed by atoms with van der Waals surface area (Å²) in [6.45, 7) is 0. The summed E-state index contributed by atoms with van der Waals surface area (Å²) >= 11 is 0. The van der Waals surface area contributed by atoms with E-state index < -0.39 is 5.41 Å². The summed E-state index contributed by atoms with van der Waals surface area (Å²) in [5.74, 6) is 0. The van der Waals surface area contributed by atoms with E-state index in [-0.39, 0.29) is 0 Å². The van der Waals surface area contributed by atoms with Crippen molar-refractivity contribution in [2.75, 3.05) is 4.90 Å². The molecular weight excluding hydrogens is 737 g/mol. The van der Waals surface area contributed by atoms with Crippen LogP contribution in [0.5, 0.6) is 0 Å². The summed E-state index contributed by atoms with van der Waals surface area (Å²) in [6.07, 6.45) is 0. The van der Waals surface area contributed by atoms with Crippen LogP contribution >= 0.6 is 0 Å². The maximum absolute atomic E-state index is 2.46. The van der Waals surface area contributed by atoms with Crippen LogP contribution < -0.4 is 4.90 Å². The zero-order chi connectivity index (χ0) is 40.3. The molecule has 0 saturated carbocycles. The first-order valence-corrected chi connectivity index (χ1v) is 21.1. The molecule has 1 aliphatic carbocycles. The molecule has 1 aromatic heterocycles. The number of hydrogen-bond donors (Lipinski definition) is 0. The highest BCUT2D eigenvalue weighted by atomic mass is 15.1. The smallest absolute Gasteiger partial charge is 0.0714 e. The summed E-state index contributed by atoms with van der Waals surface area (Å²) < 4.78 is 2.37. The molecular formula is C59H40N2. The third-order valence-corrected chi connectivity index (χ3v) is 12.9. The molecule has 0 spiro atoms. The standard InChI is InChI=1S/C59H40N2/c1-3-18-44(19-4-1)59(45-20-5-2-6-21-45)54-26-12-9-23-50(54)51-39-38-48(40-55(51)59)60(56-29-15-17-43-16-7-8-22-49(43)56)46-34-30-41(31-35-46)42-32-36-47(37-33-42)61-57-27-13-10-24-52(57)53-25-11-14-28-58(53)61/h1-40H. The largest absolute Gasteiger partial charge is 0.310 e. The molecule has 61 heavy (non-hydrogen) atoms. The molecule has 1 aliphatic rings. The number of anilines is 3. The Morgan fingerprint density at radius 1 is 0.344 bits per heavy atom. The molecule has 0 atom stereocenters. The predicted octanol–water partition coefficient (Wildman–Crippen LogP) is 15.4. The van der Waals surface area contributed by atoms with Gasteiger partial charge in [-0.05, 0) is 104 Å². The molecule has 2 heteroatoms. The van der Waals surface area contributed by atoms with Gasteiger partial charge in [-0.3, -0.25) is 0 Å². The van der Waals surface area contributed by atoms with Gasteiger partial charge in [-0.2, -0.15) is 0 Å². The van der Waals surface area contributed by atoms with Crippen molar-refractivity contribution in [3.63, 3.8) is 0 Å². The summed E-state index contributed by atoms with van der Waals surface area (Å²) in [6, 6.07) is 89.0. The number of benzene rings is 10. The molecule has 2 nitrogen and oxygen atoms in total. The summed E-state index contributed by atoms with van der Waals surface area (Å²) in [5.41, 5.74) is 16.5. The minimum Gasteiger partial charge on any atom is -0.310 e. The fraction of sp³-hybridized carbons (Fsp3) is 0.0169. The molecule has 1 heterocycles. The Balaban J connectivity index is 1.00. The van der Waals surface area contributed by atoms with Crippen molar-refractivity contribution >= 4 is 49.6 Å². The van der Waals surface area contributed by atoms with Gasteiger partial charge in [0.2, 0.25) is 0 Å². The average molecular weight is 777 g/mol. The van der Waals surface area contributed by atoms with Gasteiger partial charge in [0.25, 0.3) is 0 Å². The van der Waals surface area contributed by atoms with E-state index in [2.05, 4.69) is 252 Å². The SMILES string of the molecule is c1ccc(C2(c3ccccc3)c3ccccc3-c3ccc(N(c4ccc(-c5ccc(-n6c7ccccc7c7ccccc76)cc5)cc4)c4cccc5ccccc45)cc32)cc1. The normalized spacial score (nSPS) is 12.7. The van der Waals surface area contributed by atoms with Gasteiger partial charge in [0.05, 0.1) is 22.1 Å². The third-order valence-electron chi connectivity index (χ3n) is 12.9.